The van der Waals surface area contributed by atoms with E-state index in [0.717, 1.165) is 12.3 Å². The molecule has 80 valence electrons. The van der Waals surface area contributed by atoms with Gasteiger partial charge < -0.3 is 0 Å². The van der Waals surface area contributed by atoms with Crippen LogP contribution in [0.25, 0.3) is 11.3 Å². The molecule has 2 aromatic rings. The fourth-order valence-corrected chi connectivity index (χ4v) is 1.31. The van der Waals surface area contributed by atoms with Gasteiger partial charge in [-0.1, -0.05) is 12.1 Å². The summed E-state index contributed by atoms with van der Waals surface area (Å²) in [5, 5.41) is 0. The highest BCUT2D eigenvalue weighted by atomic mass is 19.1. The van der Waals surface area contributed by atoms with E-state index in [9.17, 15) is 13.6 Å². The van der Waals surface area contributed by atoms with Crippen LogP contribution in [-0.4, -0.2) is 4.98 Å². The molecule has 0 N–H and O–H groups in total. The van der Waals surface area contributed by atoms with Gasteiger partial charge in [0.2, 0.25) is 5.43 Å². The van der Waals surface area contributed by atoms with Crippen LogP contribution in [0.15, 0.2) is 47.4 Å². The van der Waals surface area contributed by atoms with Crippen LogP contribution in [0.1, 0.15) is 0 Å². The largest absolute Gasteiger partial charge is 0.286 e. The Morgan fingerprint density at radius 2 is 1.75 bits per heavy atom. The smallest absolute Gasteiger partial charge is 0.223 e. The maximum Gasteiger partial charge on any atom is 0.223 e. The minimum absolute atomic E-state index is 0.113. The van der Waals surface area contributed by atoms with E-state index in [0.29, 0.717) is 0 Å². The molecule has 0 atom stereocenters. The van der Waals surface area contributed by atoms with Gasteiger partial charge in [-0.05, 0) is 24.3 Å². The zero-order chi connectivity index (χ0) is 11.5. The van der Waals surface area contributed by atoms with Crippen molar-refractivity contribution in [2.24, 2.45) is 0 Å². The first kappa shape index (κ1) is 10.4. The van der Waals surface area contributed by atoms with E-state index in [1.165, 1.54) is 30.3 Å². The topological polar surface area (TPSA) is 30.0 Å². The van der Waals surface area contributed by atoms with E-state index in [4.69, 9.17) is 0 Å². The fraction of sp³-hybridized carbons (Fsp3) is 0. The number of rotatable bonds is 1. The third-order valence-corrected chi connectivity index (χ3v) is 2.08. The molecular formula is C12H7F2NO. The second-order valence-corrected chi connectivity index (χ2v) is 3.17. The monoisotopic (exact) mass is 219 g/mol. The molecule has 1 aromatic heterocycles. The third-order valence-electron chi connectivity index (χ3n) is 2.08. The van der Waals surface area contributed by atoms with Crippen LogP contribution >= 0.6 is 0 Å². The lowest BCUT2D eigenvalue weighted by Gasteiger charge is -1.96. The molecule has 4 heteroatoms. The predicted molar refractivity (Wildman–Crippen MR) is 55.9 cm³/mol. The molecule has 0 saturated heterocycles. The molecule has 16 heavy (non-hydrogen) atoms. The van der Waals surface area contributed by atoms with E-state index in [-0.39, 0.29) is 11.3 Å². The predicted octanol–water partition coefficient (Wildman–Crippen LogP) is 2.39. The van der Waals surface area contributed by atoms with Crippen molar-refractivity contribution in [3.05, 3.63) is 64.5 Å². The Kier molecular flexibility index (Phi) is 2.72. The summed E-state index contributed by atoms with van der Waals surface area (Å²) in [4.78, 5) is 15.3. The standard InChI is InChI=1S/C12H7F2NO/c13-8-5-6-11(15-7-8)9-3-1-2-4-10(14)12(9)16/h1-7H. The second kappa shape index (κ2) is 4.18. The van der Waals surface area contributed by atoms with E-state index >= 15 is 0 Å². The Morgan fingerprint density at radius 3 is 2.44 bits per heavy atom. The molecular weight excluding hydrogens is 212 g/mol. The van der Waals surface area contributed by atoms with Gasteiger partial charge in [0.1, 0.15) is 5.82 Å². The van der Waals surface area contributed by atoms with Crippen LogP contribution in [0.5, 0.6) is 0 Å². The van der Waals surface area contributed by atoms with Gasteiger partial charge >= 0.3 is 0 Å². The molecule has 0 radical (unpaired) electrons. The van der Waals surface area contributed by atoms with Crippen molar-refractivity contribution in [2.75, 3.05) is 0 Å². The first-order chi connectivity index (χ1) is 7.68. The molecule has 0 spiro atoms. The molecule has 0 amide bonds. The maximum atomic E-state index is 13.2. The van der Waals surface area contributed by atoms with E-state index in [1.807, 2.05) is 0 Å². The fourth-order valence-electron chi connectivity index (χ4n) is 1.31. The Hall–Kier alpha value is -2.10. The Balaban J connectivity index is 2.66. The highest BCUT2D eigenvalue weighted by Gasteiger charge is 2.06. The first-order valence-electron chi connectivity index (χ1n) is 4.59. The Bertz CT molecular complexity index is 567. The number of pyridine rings is 1. The van der Waals surface area contributed by atoms with Crippen molar-refractivity contribution >= 4 is 0 Å². The summed E-state index contributed by atoms with van der Waals surface area (Å²) < 4.78 is 25.8. The van der Waals surface area contributed by atoms with E-state index in [1.54, 1.807) is 0 Å². The van der Waals surface area contributed by atoms with Crippen LogP contribution in [0.2, 0.25) is 0 Å². The van der Waals surface area contributed by atoms with Gasteiger partial charge in [-0.2, -0.15) is 0 Å². The summed E-state index contributed by atoms with van der Waals surface area (Å²) in [6.07, 6.45) is 0.986. The number of halogens is 2. The lowest BCUT2D eigenvalue weighted by Crippen LogP contribution is -2.06. The summed E-state index contributed by atoms with van der Waals surface area (Å²) in [6.45, 7) is 0. The summed E-state index contributed by atoms with van der Waals surface area (Å²) in [5.41, 5.74) is -0.381. The third kappa shape index (κ3) is 1.95. The van der Waals surface area contributed by atoms with Crippen molar-refractivity contribution in [3.63, 3.8) is 0 Å². The summed E-state index contributed by atoms with van der Waals surface area (Å²) >= 11 is 0. The van der Waals surface area contributed by atoms with E-state index in [2.05, 4.69) is 4.98 Å². The summed E-state index contributed by atoms with van der Waals surface area (Å²) in [7, 11) is 0. The SMILES string of the molecule is O=c1c(F)ccccc1-c1ccc(F)cn1. The average molecular weight is 219 g/mol. The van der Waals surface area contributed by atoms with Crippen molar-refractivity contribution in [1.82, 2.24) is 4.98 Å². The maximum absolute atomic E-state index is 13.2. The van der Waals surface area contributed by atoms with Crippen molar-refractivity contribution in [2.45, 2.75) is 0 Å². The molecule has 1 aromatic carbocycles. The molecule has 0 fully saturated rings. The van der Waals surface area contributed by atoms with Crippen molar-refractivity contribution < 1.29 is 8.78 Å². The Labute approximate surface area is 90.2 Å². The zero-order valence-corrected chi connectivity index (χ0v) is 8.15. The van der Waals surface area contributed by atoms with Crippen molar-refractivity contribution in [1.29, 1.82) is 0 Å². The van der Waals surface area contributed by atoms with Gasteiger partial charge in [0, 0.05) is 0 Å². The molecule has 2 rings (SSSR count). The lowest BCUT2D eigenvalue weighted by molar-refractivity contribution is 0.619. The number of hydrogen-bond donors (Lipinski definition) is 0. The summed E-state index contributed by atoms with van der Waals surface area (Å²) in [6, 6.07) is 7.99. The molecule has 0 saturated carbocycles. The highest BCUT2D eigenvalue weighted by Crippen LogP contribution is 2.12. The minimum atomic E-state index is -0.855. The van der Waals surface area contributed by atoms with Crippen LogP contribution in [-0.2, 0) is 0 Å². The molecule has 0 aliphatic carbocycles. The van der Waals surface area contributed by atoms with Gasteiger partial charge in [0.05, 0.1) is 17.5 Å². The number of aromatic nitrogens is 1. The van der Waals surface area contributed by atoms with Gasteiger partial charge in [-0.3, -0.25) is 9.78 Å². The minimum Gasteiger partial charge on any atom is -0.286 e. The van der Waals surface area contributed by atoms with Crippen LogP contribution in [0, 0.1) is 11.6 Å². The van der Waals surface area contributed by atoms with Crippen LogP contribution in [0.4, 0.5) is 8.78 Å². The quantitative estimate of drug-likeness (QED) is 0.737. The number of hydrogen-bond acceptors (Lipinski definition) is 2. The molecule has 0 bridgehead atoms. The number of nitrogens with zero attached hydrogens (tertiary/aromatic N) is 1. The highest BCUT2D eigenvalue weighted by molar-refractivity contribution is 5.57. The lowest BCUT2D eigenvalue weighted by atomic mass is 10.2. The van der Waals surface area contributed by atoms with Crippen molar-refractivity contribution in [3.8, 4) is 11.3 Å². The summed E-state index contributed by atoms with van der Waals surface area (Å²) in [5.74, 6) is -1.36. The molecule has 1 heterocycles. The average Bonchev–Trinajstić information content (AvgIpc) is 2.44. The van der Waals surface area contributed by atoms with Gasteiger partial charge in [0.25, 0.3) is 0 Å². The molecule has 0 aliphatic rings. The van der Waals surface area contributed by atoms with E-state index < -0.39 is 17.1 Å². The first-order valence-corrected chi connectivity index (χ1v) is 4.59. The Morgan fingerprint density at radius 1 is 1.00 bits per heavy atom. The molecule has 0 aliphatic heterocycles. The molecule has 2 nitrogen and oxygen atoms in total. The van der Waals surface area contributed by atoms with Gasteiger partial charge in [-0.25, -0.2) is 8.78 Å². The van der Waals surface area contributed by atoms with Crippen LogP contribution in [0.3, 0.4) is 0 Å². The van der Waals surface area contributed by atoms with Gasteiger partial charge in [-0.15, -0.1) is 0 Å². The zero-order valence-electron chi connectivity index (χ0n) is 8.15. The normalized spacial score (nSPS) is 10.1. The molecule has 0 unspecified atom stereocenters. The van der Waals surface area contributed by atoms with Gasteiger partial charge in [0.15, 0.2) is 5.82 Å². The second-order valence-electron chi connectivity index (χ2n) is 3.17. The van der Waals surface area contributed by atoms with Crippen LogP contribution < -0.4 is 5.43 Å².